The molecule has 0 amide bonds. The molecular formula is C14H18N4O2. The first-order valence-electron chi connectivity index (χ1n) is 6.18. The van der Waals surface area contributed by atoms with Crippen LogP contribution in [0.25, 0.3) is 0 Å². The SMILES string of the molecule is COc1c(NN)ncnc1Oc1cc(C)cc(C)c1C. The third-order valence-corrected chi connectivity index (χ3v) is 3.08. The summed E-state index contributed by atoms with van der Waals surface area (Å²) >= 11 is 0. The minimum Gasteiger partial charge on any atom is -0.489 e. The number of nitrogens with zero attached hydrogens (tertiary/aromatic N) is 2. The topological polar surface area (TPSA) is 82.3 Å². The molecule has 0 fully saturated rings. The van der Waals surface area contributed by atoms with E-state index in [-0.39, 0.29) is 0 Å². The van der Waals surface area contributed by atoms with Crippen molar-refractivity contribution < 1.29 is 9.47 Å². The summed E-state index contributed by atoms with van der Waals surface area (Å²) < 4.78 is 11.1. The average Bonchev–Trinajstić information content (AvgIpc) is 2.43. The normalized spacial score (nSPS) is 10.2. The molecule has 6 nitrogen and oxygen atoms in total. The summed E-state index contributed by atoms with van der Waals surface area (Å²) in [5.74, 6) is 7.20. The zero-order valence-corrected chi connectivity index (χ0v) is 12.0. The van der Waals surface area contributed by atoms with Gasteiger partial charge in [0.05, 0.1) is 7.11 Å². The highest BCUT2D eigenvalue weighted by Gasteiger charge is 2.15. The molecule has 1 aromatic heterocycles. The fourth-order valence-corrected chi connectivity index (χ4v) is 1.93. The van der Waals surface area contributed by atoms with Crippen LogP contribution in [0, 0.1) is 20.8 Å². The summed E-state index contributed by atoms with van der Waals surface area (Å²) in [6.07, 6.45) is 1.37. The lowest BCUT2D eigenvalue weighted by atomic mass is 10.1. The largest absolute Gasteiger partial charge is 0.489 e. The molecule has 106 valence electrons. The van der Waals surface area contributed by atoms with Crippen molar-refractivity contribution in [2.24, 2.45) is 5.84 Å². The minimum absolute atomic E-state index is 0.323. The zero-order chi connectivity index (χ0) is 14.7. The highest BCUT2D eigenvalue weighted by molar-refractivity contribution is 5.56. The second-order valence-electron chi connectivity index (χ2n) is 4.51. The Balaban J connectivity index is 2.45. The third kappa shape index (κ3) is 2.65. The molecule has 0 aliphatic rings. The van der Waals surface area contributed by atoms with Gasteiger partial charge in [-0.15, -0.1) is 0 Å². The van der Waals surface area contributed by atoms with Gasteiger partial charge < -0.3 is 14.9 Å². The molecule has 0 aliphatic heterocycles. The molecule has 0 saturated heterocycles. The van der Waals surface area contributed by atoms with Gasteiger partial charge in [0.1, 0.15) is 12.1 Å². The van der Waals surface area contributed by atoms with Gasteiger partial charge in [0.2, 0.25) is 5.75 Å². The van der Waals surface area contributed by atoms with E-state index in [4.69, 9.17) is 15.3 Å². The van der Waals surface area contributed by atoms with Crippen LogP contribution in [0.2, 0.25) is 0 Å². The number of hydrogen-bond donors (Lipinski definition) is 2. The Morgan fingerprint density at radius 3 is 2.55 bits per heavy atom. The quantitative estimate of drug-likeness (QED) is 0.658. The Morgan fingerprint density at radius 2 is 1.90 bits per heavy atom. The van der Waals surface area contributed by atoms with Crippen LogP contribution in [0.15, 0.2) is 18.5 Å². The second kappa shape index (κ2) is 5.75. The van der Waals surface area contributed by atoms with Crippen LogP contribution in [-0.4, -0.2) is 17.1 Å². The number of benzene rings is 1. The molecule has 0 spiro atoms. The maximum Gasteiger partial charge on any atom is 0.268 e. The Morgan fingerprint density at radius 1 is 1.15 bits per heavy atom. The number of hydrogen-bond acceptors (Lipinski definition) is 6. The number of anilines is 1. The first kappa shape index (κ1) is 14.1. The maximum atomic E-state index is 5.86. The third-order valence-electron chi connectivity index (χ3n) is 3.08. The van der Waals surface area contributed by atoms with Crippen molar-refractivity contribution in [2.75, 3.05) is 12.5 Å². The molecule has 1 heterocycles. The van der Waals surface area contributed by atoms with Crippen LogP contribution in [0.5, 0.6) is 17.4 Å². The van der Waals surface area contributed by atoms with Gasteiger partial charge in [-0.3, -0.25) is 0 Å². The molecule has 20 heavy (non-hydrogen) atoms. The van der Waals surface area contributed by atoms with Gasteiger partial charge in [0, 0.05) is 0 Å². The Bertz CT molecular complexity index is 629. The molecule has 0 unspecified atom stereocenters. The highest BCUT2D eigenvalue weighted by atomic mass is 16.5. The van der Waals surface area contributed by atoms with E-state index >= 15 is 0 Å². The second-order valence-corrected chi connectivity index (χ2v) is 4.51. The van der Waals surface area contributed by atoms with E-state index in [0.29, 0.717) is 17.4 Å². The number of nitrogens with one attached hydrogen (secondary N) is 1. The van der Waals surface area contributed by atoms with Crippen molar-refractivity contribution in [1.29, 1.82) is 0 Å². The van der Waals surface area contributed by atoms with Gasteiger partial charge in [-0.05, 0) is 43.5 Å². The highest BCUT2D eigenvalue weighted by Crippen LogP contribution is 2.35. The smallest absolute Gasteiger partial charge is 0.268 e. The Hall–Kier alpha value is -2.34. The average molecular weight is 274 g/mol. The number of aryl methyl sites for hydroxylation is 2. The predicted octanol–water partition coefficient (Wildman–Crippen LogP) is 2.49. The fraction of sp³-hybridized carbons (Fsp3) is 0.286. The lowest BCUT2D eigenvalue weighted by Crippen LogP contribution is -2.11. The van der Waals surface area contributed by atoms with Crippen molar-refractivity contribution in [1.82, 2.24) is 9.97 Å². The van der Waals surface area contributed by atoms with Gasteiger partial charge in [0.25, 0.3) is 5.88 Å². The molecule has 0 saturated carbocycles. The van der Waals surface area contributed by atoms with Crippen molar-refractivity contribution in [2.45, 2.75) is 20.8 Å². The van der Waals surface area contributed by atoms with Crippen molar-refractivity contribution in [3.8, 4) is 17.4 Å². The zero-order valence-electron chi connectivity index (χ0n) is 12.0. The molecule has 0 radical (unpaired) electrons. The van der Waals surface area contributed by atoms with Gasteiger partial charge >= 0.3 is 0 Å². The number of rotatable bonds is 4. The molecule has 2 rings (SSSR count). The maximum absolute atomic E-state index is 5.86. The molecule has 3 N–H and O–H groups in total. The van der Waals surface area contributed by atoms with Gasteiger partial charge in [-0.25, -0.2) is 10.8 Å². The van der Waals surface area contributed by atoms with Crippen LogP contribution in [0.1, 0.15) is 16.7 Å². The standard InChI is InChI=1S/C14H18N4O2/c1-8-5-9(2)10(3)11(6-8)20-14-12(19-4)13(18-15)16-7-17-14/h5-7H,15H2,1-4H3,(H,16,17,18). The summed E-state index contributed by atoms with van der Waals surface area (Å²) in [6, 6.07) is 4.06. The van der Waals surface area contributed by atoms with Crippen LogP contribution in [0.4, 0.5) is 5.82 Å². The number of ether oxygens (including phenoxy) is 2. The van der Waals surface area contributed by atoms with Crippen molar-refractivity contribution >= 4 is 5.82 Å². The Kier molecular flexibility index (Phi) is 4.05. The number of nitrogen functional groups attached to an aromatic ring is 1. The van der Waals surface area contributed by atoms with Crippen LogP contribution < -0.4 is 20.7 Å². The van der Waals surface area contributed by atoms with Gasteiger partial charge in [0.15, 0.2) is 5.82 Å². The Labute approximate surface area is 117 Å². The van der Waals surface area contributed by atoms with Gasteiger partial charge in [-0.1, -0.05) is 6.07 Å². The fourth-order valence-electron chi connectivity index (χ4n) is 1.93. The molecule has 6 heteroatoms. The lowest BCUT2D eigenvalue weighted by Gasteiger charge is -2.14. The summed E-state index contributed by atoms with van der Waals surface area (Å²) in [5.41, 5.74) is 5.78. The van der Waals surface area contributed by atoms with Crippen LogP contribution in [0.3, 0.4) is 0 Å². The number of methoxy groups -OCH3 is 1. The number of hydrazine groups is 1. The lowest BCUT2D eigenvalue weighted by molar-refractivity contribution is 0.368. The van der Waals surface area contributed by atoms with E-state index in [0.717, 1.165) is 22.4 Å². The molecule has 0 bridgehead atoms. The summed E-state index contributed by atoms with van der Waals surface area (Å²) in [4.78, 5) is 8.08. The molecule has 0 atom stereocenters. The van der Waals surface area contributed by atoms with Crippen molar-refractivity contribution in [3.05, 3.63) is 35.2 Å². The van der Waals surface area contributed by atoms with Crippen molar-refractivity contribution in [3.63, 3.8) is 0 Å². The molecular weight excluding hydrogens is 256 g/mol. The molecule has 1 aromatic carbocycles. The number of nitrogens with two attached hydrogens (primary N) is 1. The van der Waals surface area contributed by atoms with E-state index in [2.05, 4.69) is 21.5 Å². The first-order valence-corrected chi connectivity index (χ1v) is 6.18. The van der Waals surface area contributed by atoms with E-state index in [9.17, 15) is 0 Å². The summed E-state index contributed by atoms with van der Waals surface area (Å²) in [7, 11) is 1.51. The monoisotopic (exact) mass is 274 g/mol. The minimum atomic E-state index is 0.323. The summed E-state index contributed by atoms with van der Waals surface area (Å²) in [6.45, 7) is 6.06. The molecule has 2 aromatic rings. The van der Waals surface area contributed by atoms with E-state index < -0.39 is 0 Å². The summed E-state index contributed by atoms with van der Waals surface area (Å²) in [5, 5.41) is 0. The van der Waals surface area contributed by atoms with Crippen LogP contribution in [-0.2, 0) is 0 Å². The van der Waals surface area contributed by atoms with Crippen LogP contribution >= 0.6 is 0 Å². The predicted molar refractivity (Wildman–Crippen MR) is 77.1 cm³/mol. The molecule has 0 aliphatic carbocycles. The number of aromatic nitrogens is 2. The van der Waals surface area contributed by atoms with E-state index in [1.807, 2.05) is 26.8 Å². The van der Waals surface area contributed by atoms with E-state index in [1.54, 1.807) is 0 Å². The first-order chi connectivity index (χ1) is 9.56. The van der Waals surface area contributed by atoms with Gasteiger partial charge in [-0.2, -0.15) is 4.98 Å². The van der Waals surface area contributed by atoms with E-state index in [1.165, 1.54) is 13.4 Å².